The van der Waals surface area contributed by atoms with Crippen LogP contribution in [0.4, 0.5) is 11.4 Å². The van der Waals surface area contributed by atoms with E-state index in [9.17, 15) is 0 Å². The van der Waals surface area contributed by atoms with Gasteiger partial charge in [-0.25, -0.2) is 0 Å². The molecule has 3 aromatic carbocycles. The zero-order valence-corrected chi connectivity index (χ0v) is 16.4. The molecular formula is C20H12Cl4N2. The molecule has 2 nitrogen and oxygen atoms in total. The number of nitrogens with zero attached hydrogens (tertiary/aromatic N) is 2. The minimum absolute atomic E-state index is 0.508. The van der Waals surface area contributed by atoms with E-state index in [-0.39, 0.29) is 0 Å². The first-order chi connectivity index (χ1) is 12.5. The van der Waals surface area contributed by atoms with Crippen LogP contribution in [0.15, 0.2) is 70.6 Å². The van der Waals surface area contributed by atoms with Crippen LogP contribution in [0.25, 0.3) is 0 Å². The molecule has 0 aliphatic rings. The maximum Gasteiger partial charge on any atom is 0.100 e. The molecule has 0 radical (unpaired) electrons. The van der Waals surface area contributed by atoms with Crippen LogP contribution in [0.2, 0.25) is 20.1 Å². The van der Waals surface area contributed by atoms with Gasteiger partial charge < -0.3 is 0 Å². The maximum absolute atomic E-state index is 6.11. The van der Waals surface area contributed by atoms with Crippen LogP contribution in [-0.2, 0) is 0 Å². The molecule has 0 unspecified atom stereocenters. The molecule has 6 heteroatoms. The molecule has 0 aliphatic heterocycles. The van der Waals surface area contributed by atoms with Crippen molar-refractivity contribution in [2.45, 2.75) is 0 Å². The summed E-state index contributed by atoms with van der Waals surface area (Å²) in [5, 5.41) is 2.03. The van der Waals surface area contributed by atoms with Crippen molar-refractivity contribution < 1.29 is 0 Å². The zero-order chi connectivity index (χ0) is 18.5. The number of hydrogen-bond acceptors (Lipinski definition) is 2. The lowest BCUT2D eigenvalue weighted by atomic mass is 10.1. The third-order valence-electron chi connectivity index (χ3n) is 3.50. The Bertz CT molecular complexity index is 859. The molecule has 26 heavy (non-hydrogen) atoms. The summed E-state index contributed by atoms with van der Waals surface area (Å²) in [7, 11) is 0. The van der Waals surface area contributed by atoms with E-state index in [4.69, 9.17) is 46.4 Å². The quantitative estimate of drug-likeness (QED) is 0.384. The number of para-hydroxylation sites is 2. The molecule has 0 aromatic heterocycles. The zero-order valence-electron chi connectivity index (χ0n) is 13.3. The molecule has 0 atom stereocenters. The second-order valence-corrected chi connectivity index (χ2v) is 6.95. The van der Waals surface area contributed by atoms with Crippen LogP contribution in [0.5, 0.6) is 0 Å². The average Bonchev–Trinajstić information content (AvgIpc) is 2.62. The first-order valence-corrected chi connectivity index (χ1v) is 9.12. The first-order valence-electron chi connectivity index (χ1n) is 7.61. The Morgan fingerprint density at radius 3 is 1.12 bits per heavy atom. The van der Waals surface area contributed by atoms with Crippen molar-refractivity contribution >= 4 is 70.2 Å². The smallest absolute Gasteiger partial charge is 0.100 e. The molecule has 130 valence electrons. The highest BCUT2D eigenvalue weighted by Crippen LogP contribution is 2.33. The van der Waals surface area contributed by atoms with Gasteiger partial charge in [0, 0.05) is 12.4 Å². The summed E-state index contributed by atoms with van der Waals surface area (Å²) >= 11 is 24.4. The molecule has 0 spiro atoms. The van der Waals surface area contributed by atoms with E-state index in [0.717, 1.165) is 11.1 Å². The fourth-order valence-electron chi connectivity index (χ4n) is 2.17. The van der Waals surface area contributed by atoms with Crippen LogP contribution >= 0.6 is 46.4 Å². The van der Waals surface area contributed by atoms with Crippen LogP contribution in [-0.4, -0.2) is 12.4 Å². The highest BCUT2D eigenvalue weighted by atomic mass is 35.5. The molecule has 0 heterocycles. The molecule has 3 aromatic rings. The average molecular weight is 422 g/mol. The largest absolute Gasteiger partial charge is 0.253 e. The molecule has 0 bridgehead atoms. The van der Waals surface area contributed by atoms with Crippen LogP contribution in [0.1, 0.15) is 11.1 Å². The Balaban J connectivity index is 1.77. The van der Waals surface area contributed by atoms with E-state index in [0.29, 0.717) is 31.5 Å². The van der Waals surface area contributed by atoms with Crippen molar-refractivity contribution in [1.82, 2.24) is 0 Å². The van der Waals surface area contributed by atoms with E-state index in [1.165, 1.54) is 0 Å². The van der Waals surface area contributed by atoms with Gasteiger partial charge in [-0.15, -0.1) is 0 Å². The van der Waals surface area contributed by atoms with Gasteiger partial charge >= 0.3 is 0 Å². The second kappa shape index (κ2) is 8.70. The Hall–Kier alpha value is -1.84. The van der Waals surface area contributed by atoms with E-state index >= 15 is 0 Å². The van der Waals surface area contributed by atoms with E-state index in [2.05, 4.69) is 9.98 Å². The number of hydrogen-bond donors (Lipinski definition) is 0. The van der Waals surface area contributed by atoms with Crippen molar-refractivity contribution in [2.24, 2.45) is 9.98 Å². The van der Waals surface area contributed by atoms with Crippen molar-refractivity contribution in [1.29, 1.82) is 0 Å². The summed E-state index contributed by atoms with van der Waals surface area (Å²) in [4.78, 5) is 8.73. The Morgan fingerprint density at radius 1 is 0.500 bits per heavy atom. The monoisotopic (exact) mass is 420 g/mol. The molecule has 0 aliphatic carbocycles. The summed E-state index contributed by atoms with van der Waals surface area (Å²) in [6.45, 7) is 0. The van der Waals surface area contributed by atoms with Crippen molar-refractivity contribution in [3.63, 3.8) is 0 Å². The van der Waals surface area contributed by atoms with Gasteiger partial charge in [0.05, 0.1) is 20.1 Å². The van der Waals surface area contributed by atoms with E-state index in [1.807, 2.05) is 24.3 Å². The lowest BCUT2D eigenvalue weighted by Gasteiger charge is -2.01. The Labute approximate surface area is 171 Å². The molecule has 0 saturated carbocycles. The minimum atomic E-state index is 0.508. The standard InChI is InChI=1S/C20H12Cl4N2/c21-15-3-1-4-16(22)19(15)25-11-13-7-9-14(10-8-13)12-26-20-17(23)5-2-6-18(20)24/h1-12H. The summed E-state index contributed by atoms with van der Waals surface area (Å²) in [5.41, 5.74) is 2.92. The third kappa shape index (κ3) is 4.66. The van der Waals surface area contributed by atoms with Gasteiger partial charge in [-0.05, 0) is 35.4 Å². The normalized spacial score (nSPS) is 11.5. The van der Waals surface area contributed by atoms with Crippen LogP contribution in [0, 0.1) is 0 Å². The number of benzene rings is 3. The number of rotatable bonds is 4. The van der Waals surface area contributed by atoms with E-state index in [1.54, 1.807) is 48.8 Å². The Kier molecular flexibility index (Phi) is 6.33. The van der Waals surface area contributed by atoms with Gasteiger partial charge in [0.15, 0.2) is 0 Å². The highest BCUT2D eigenvalue weighted by molar-refractivity contribution is 6.39. The Morgan fingerprint density at radius 2 is 0.808 bits per heavy atom. The fourth-order valence-corrected chi connectivity index (χ4v) is 3.16. The topological polar surface area (TPSA) is 24.7 Å². The summed E-state index contributed by atoms with van der Waals surface area (Å²) in [6.07, 6.45) is 3.41. The minimum Gasteiger partial charge on any atom is -0.253 e. The fraction of sp³-hybridized carbons (Fsp3) is 0. The van der Waals surface area contributed by atoms with Gasteiger partial charge in [-0.2, -0.15) is 0 Å². The van der Waals surface area contributed by atoms with Gasteiger partial charge in [0.2, 0.25) is 0 Å². The lowest BCUT2D eigenvalue weighted by molar-refractivity contribution is 1.51. The van der Waals surface area contributed by atoms with Gasteiger partial charge in [-0.3, -0.25) is 9.98 Å². The summed E-state index contributed by atoms with van der Waals surface area (Å²) in [5.74, 6) is 0. The predicted molar refractivity (Wildman–Crippen MR) is 114 cm³/mol. The summed E-state index contributed by atoms with van der Waals surface area (Å²) in [6, 6.07) is 18.2. The van der Waals surface area contributed by atoms with Crippen LogP contribution < -0.4 is 0 Å². The first kappa shape index (κ1) is 18.9. The molecular weight excluding hydrogens is 410 g/mol. The van der Waals surface area contributed by atoms with E-state index < -0.39 is 0 Å². The second-order valence-electron chi connectivity index (χ2n) is 5.32. The number of aliphatic imine (C=N–C) groups is 2. The SMILES string of the molecule is Clc1cccc(Cl)c1N=Cc1ccc(C=Nc2c(Cl)cccc2Cl)cc1. The molecule has 3 rings (SSSR count). The van der Waals surface area contributed by atoms with Gasteiger partial charge in [0.25, 0.3) is 0 Å². The van der Waals surface area contributed by atoms with Crippen LogP contribution in [0.3, 0.4) is 0 Å². The van der Waals surface area contributed by atoms with Gasteiger partial charge in [-0.1, -0.05) is 82.8 Å². The van der Waals surface area contributed by atoms with Crippen molar-refractivity contribution in [2.75, 3.05) is 0 Å². The third-order valence-corrected chi connectivity index (χ3v) is 4.72. The lowest BCUT2D eigenvalue weighted by Crippen LogP contribution is -1.85. The summed E-state index contributed by atoms with van der Waals surface area (Å²) < 4.78 is 0. The molecule has 0 N–H and O–H groups in total. The molecule has 0 amide bonds. The molecule has 0 fully saturated rings. The van der Waals surface area contributed by atoms with Gasteiger partial charge in [0.1, 0.15) is 11.4 Å². The van der Waals surface area contributed by atoms with Crippen molar-refractivity contribution in [3.05, 3.63) is 91.9 Å². The predicted octanol–water partition coefficient (Wildman–Crippen LogP) is 7.80. The maximum atomic E-state index is 6.11. The molecule has 0 saturated heterocycles. The number of halogens is 4. The van der Waals surface area contributed by atoms with Crippen molar-refractivity contribution in [3.8, 4) is 0 Å². The highest BCUT2D eigenvalue weighted by Gasteiger charge is 2.03.